The number of benzene rings is 1. The highest BCUT2D eigenvalue weighted by atomic mass is 16.5. The number of esters is 1. The number of para-hydroxylation sites is 2. The molecule has 1 aliphatic rings. The summed E-state index contributed by atoms with van der Waals surface area (Å²) in [5.41, 5.74) is 1.62. The monoisotopic (exact) mass is 330 g/mol. The van der Waals surface area contributed by atoms with E-state index in [9.17, 15) is 9.59 Å². The van der Waals surface area contributed by atoms with Gasteiger partial charge in [0.15, 0.2) is 5.82 Å². The molecule has 7 heteroatoms. The largest absolute Gasteiger partial charge is 0.469 e. The van der Waals surface area contributed by atoms with Crippen LogP contribution in [0.25, 0.3) is 11.0 Å². The van der Waals surface area contributed by atoms with Crippen LogP contribution in [0.15, 0.2) is 24.3 Å². The minimum Gasteiger partial charge on any atom is -0.469 e. The first-order valence-electron chi connectivity index (χ1n) is 8.10. The van der Waals surface area contributed by atoms with Gasteiger partial charge in [-0.15, -0.1) is 0 Å². The van der Waals surface area contributed by atoms with Gasteiger partial charge >= 0.3 is 5.97 Å². The van der Waals surface area contributed by atoms with Gasteiger partial charge in [-0.1, -0.05) is 12.1 Å². The molecule has 0 radical (unpaired) electrons. The Kier molecular flexibility index (Phi) is 4.80. The molecule has 1 aliphatic heterocycles. The Labute approximate surface area is 140 Å². The highest BCUT2D eigenvalue weighted by molar-refractivity contribution is 5.94. The third-order valence-corrected chi connectivity index (χ3v) is 4.72. The number of hydrogen-bond donors (Lipinski definition) is 2. The number of likely N-dealkylation sites (tertiary alicyclic amines) is 1. The summed E-state index contributed by atoms with van der Waals surface area (Å²) < 4.78 is 4.73. The zero-order valence-corrected chi connectivity index (χ0v) is 13.9. The van der Waals surface area contributed by atoms with Gasteiger partial charge < -0.3 is 15.0 Å². The van der Waals surface area contributed by atoms with E-state index in [0.717, 1.165) is 23.9 Å². The number of likely N-dealkylation sites (N-methyl/N-ethyl adjacent to an activating group) is 1. The molecule has 1 aromatic carbocycles. The van der Waals surface area contributed by atoms with E-state index in [1.165, 1.54) is 7.11 Å². The molecule has 0 bridgehead atoms. The van der Waals surface area contributed by atoms with Crippen molar-refractivity contribution in [1.29, 1.82) is 0 Å². The van der Waals surface area contributed by atoms with Crippen molar-refractivity contribution in [3.63, 3.8) is 0 Å². The van der Waals surface area contributed by atoms with Crippen molar-refractivity contribution in [2.24, 2.45) is 0 Å². The van der Waals surface area contributed by atoms with Crippen LogP contribution in [-0.4, -0.2) is 59.5 Å². The maximum absolute atomic E-state index is 12.3. The quantitative estimate of drug-likeness (QED) is 0.807. The Hall–Kier alpha value is -2.41. The highest BCUT2D eigenvalue weighted by Crippen LogP contribution is 2.24. The lowest BCUT2D eigenvalue weighted by Gasteiger charge is -2.25. The first-order valence-corrected chi connectivity index (χ1v) is 8.10. The Balaban J connectivity index is 1.55. The summed E-state index contributed by atoms with van der Waals surface area (Å²) in [6.45, 7) is 0.532. The number of amides is 1. The number of carbonyl (C=O) groups excluding carboxylic acids is 2. The van der Waals surface area contributed by atoms with Gasteiger partial charge in [0, 0.05) is 18.6 Å². The predicted molar refractivity (Wildman–Crippen MR) is 89.6 cm³/mol. The maximum Gasteiger partial charge on any atom is 0.307 e. The average molecular weight is 330 g/mol. The minimum absolute atomic E-state index is 0.172. The number of aromatic amines is 1. The number of fused-ring (bicyclic) bond motifs is 1. The third-order valence-electron chi connectivity index (χ3n) is 4.72. The van der Waals surface area contributed by atoms with Crippen LogP contribution in [0.5, 0.6) is 0 Å². The van der Waals surface area contributed by atoms with Gasteiger partial charge in [0.25, 0.3) is 5.91 Å². The lowest BCUT2D eigenvalue weighted by molar-refractivity contribution is -0.141. The van der Waals surface area contributed by atoms with Crippen LogP contribution >= 0.6 is 0 Å². The van der Waals surface area contributed by atoms with Crippen molar-refractivity contribution in [2.45, 2.75) is 31.3 Å². The van der Waals surface area contributed by atoms with E-state index in [-0.39, 0.29) is 24.0 Å². The summed E-state index contributed by atoms with van der Waals surface area (Å²) in [7, 11) is 3.39. The molecular weight excluding hydrogens is 308 g/mol. The van der Waals surface area contributed by atoms with Crippen LogP contribution in [-0.2, 0) is 9.53 Å². The highest BCUT2D eigenvalue weighted by Gasteiger charge is 2.32. The van der Waals surface area contributed by atoms with E-state index in [2.05, 4.69) is 20.2 Å². The molecule has 2 N–H and O–H groups in total. The predicted octanol–water partition coefficient (Wildman–Crippen LogP) is 1.32. The zero-order chi connectivity index (χ0) is 17.1. The molecule has 1 aromatic heterocycles. The Morgan fingerprint density at radius 2 is 2.08 bits per heavy atom. The third kappa shape index (κ3) is 3.41. The van der Waals surface area contributed by atoms with Crippen molar-refractivity contribution in [1.82, 2.24) is 20.2 Å². The Morgan fingerprint density at radius 3 is 2.83 bits per heavy atom. The topological polar surface area (TPSA) is 87.3 Å². The summed E-state index contributed by atoms with van der Waals surface area (Å²) in [6, 6.07) is 7.93. The van der Waals surface area contributed by atoms with Crippen molar-refractivity contribution in [2.75, 3.05) is 20.7 Å². The number of H-pyrrole nitrogens is 1. The summed E-state index contributed by atoms with van der Waals surface area (Å²) in [4.78, 5) is 33.2. The Bertz CT molecular complexity index is 709. The molecule has 24 heavy (non-hydrogen) atoms. The van der Waals surface area contributed by atoms with Crippen molar-refractivity contribution >= 4 is 22.9 Å². The van der Waals surface area contributed by atoms with E-state index in [4.69, 9.17) is 4.74 Å². The van der Waals surface area contributed by atoms with Gasteiger partial charge in [-0.3, -0.25) is 14.5 Å². The molecular formula is C17H22N4O3. The van der Waals surface area contributed by atoms with Gasteiger partial charge in [0.1, 0.15) is 0 Å². The number of nitrogens with one attached hydrogen (secondary N) is 2. The summed E-state index contributed by atoms with van der Waals surface area (Å²) >= 11 is 0. The fourth-order valence-corrected chi connectivity index (χ4v) is 3.21. The van der Waals surface area contributed by atoms with E-state index >= 15 is 0 Å². The molecule has 3 rings (SSSR count). The second-order valence-electron chi connectivity index (χ2n) is 6.14. The van der Waals surface area contributed by atoms with E-state index < -0.39 is 0 Å². The first-order chi connectivity index (χ1) is 11.6. The molecule has 0 spiro atoms. The van der Waals surface area contributed by atoms with Gasteiger partial charge in [-0.05, 0) is 32.0 Å². The number of imidazole rings is 1. The van der Waals surface area contributed by atoms with Gasteiger partial charge in [-0.2, -0.15) is 0 Å². The lowest BCUT2D eigenvalue weighted by Crippen LogP contribution is -2.41. The van der Waals surface area contributed by atoms with Crippen LogP contribution in [0, 0.1) is 0 Å². The minimum atomic E-state index is -0.212. The fourth-order valence-electron chi connectivity index (χ4n) is 3.21. The van der Waals surface area contributed by atoms with Crippen LogP contribution < -0.4 is 5.32 Å². The normalized spacial score (nSPS) is 21.1. The molecule has 1 amide bonds. The first kappa shape index (κ1) is 16.4. The molecule has 0 saturated carbocycles. The zero-order valence-electron chi connectivity index (χ0n) is 13.9. The SMILES string of the molecule is COC(=O)C[C@H]1CC[C@@H](CNC(=O)c2nc3ccccc3[nH]2)N1C. The van der Waals surface area contributed by atoms with Gasteiger partial charge in [0.05, 0.1) is 24.6 Å². The van der Waals surface area contributed by atoms with Crippen LogP contribution in [0.3, 0.4) is 0 Å². The number of hydrogen-bond acceptors (Lipinski definition) is 5. The Morgan fingerprint density at radius 1 is 1.33 bits per heavy atom. The molecule has 7 nitrogen and oxygen atoms in total. The van der Waals surface area contributed by atoms with E-state index in [1.54, 1.807) is 0 Å². The summed E-state index contributed by atoms with van der Waals surface area (Å²) in [5, 5.41) is 2.93. The second-order valence-corrected chi connectivity index (χ2v) is 6.14. The molecule has 0 aliphatic carbocycles. The van der Waals surface area contributed by atoms with Crippen molar-refractivity contribution in [3.05, 3.63) is 30.1 Å². The van der Waals surface area contributed by atoms with Crippen LogP contribution in [0.1, 0.15) is 29.9 Å². The molecule has 1 saturated heterocycles. The smallest absolute Gasteiger partial charge is 0.307 e. The average Bonchev–Trinajstić information content (AvgIpc) is 3.17. The fraction of sp³-hybridized carbons (Fsp3) is 0.471. The summed E-state index contributed by atoms with van der Waals surface area (Å²) in [6.07, 6.45) is 2.26. The number of carbonyl (C=O) groups is 2. The number of rotatable bonds is 5. The number of methoxy groups -OCH3 is 1. The molecule has 2 heterocycles. The van der Waals surface area contributed by atoms with Crippen LogP contribution in [0.2, 0.25) is 0 Å². The molecule has 0 unspecified atom stereocenters. The summed E-state index contributed by atoms with van der Waals surface area (Å²) in [5.74, 6) is -0.0854. The van der Waals surface area contributed by atoms with Gasteiger partial charge in [-0.25, -0.2) is 4.98 Å². The molecule has 128 valence electrons. The molecule has 2 atom stereocenters. The standard InChI is InChI=1S/C17H22N4O3/c1-21-11(9-15(22)24-2)7-8-12(21)10-18-17(23)16-19-13-5-3-4-6-14(13)20-16/h3-6,11-12H,7-10H2,1-2H3,(H,18,23)(H,19,20)/t11-,12+/m1/s1. The molecule has 1 fully saturated rings. The van der Waals surface area contributed by atoms with Crippen molar-refractivity contribution < 1.29 is 14.3 Å². The molecule has 2 aromatic rings. The lowest BCUT2D eigenvalue weighted by atomic mass is 10.1. The van der Waals surface area contributed by atoms with E-state index in [1.807, 2.05) is 31.3 Å². The van der Waals surface area contributed by atoms with Crippen LogP contribution in [0.4, 0.5) is 0 Å². The van der Waals surface area contributed by atoms with Crippen molar-refractivity contribution in [3.8, 4) is 0 Å². The number of ether oxygens (including phenoxy) is 1. The van der Waals surface area contributed by atoms with Gasteiger partial charge in [0.2, 0.25) is 0 Å². The van der Waals surface area contributed by atoms with E-state index in [0.29, 0.717) is 18.8 Å². The number of nitrogens with zero attached hydrogens (tertiary/aromatic N) is 2. The maximum atomic E-state index is 12.3. The second kappa shape index (κ2) is 7.00. The number of aromatic nitrogens is 2.